The second-order valence-corrected chi connectivity index (χ2v) is 7.35. The molecule has 1 N–H and O–H groups in total. The Bertz CT molecular complexity index is 923. The molecule has 1 aromatic carbocycles. The van der Waals surface area contributed by atoms with Gasteiger partial charge in [0.25, 0.3) is 0 Å². The number of nitrogens with zero attached hydrogens (tertiary/aromatic N) is 3. The van der Waals surface area contributed by atoms with Crippen LogP contribution in [0.15, 0.2) is 36.8 Å². The predicted octanol–water partition coefficient (Wildman–Crippen LogP) is 4.86. The van der Waals surface area contributed by atoms with Gasteiger partial charge in [-0.2, -0.15) is 0 Å². The lowest BCUT2D eigenvalue weighted by Gasteiger charge is -2.21. The van der Waals surface area contributed by atoms with Gasteiger partial charge in [0, 0.05) is 28.7 Å². The molecule has 3 rings (SSSR count). The fourth-order valence-electron chi connectivity index (χ4n) is 2.74. The molecule has 0 saturated heterocycles. The van der Waals surface area contributed by atoms with Crippen molar-refractivity contribution in [1.29, 1.82) is 0 Å². The maximum absolute atomic E-state index is 11.9. The minimum Gasteiger partial charge on any atom is -0.326 e. The Morgan fingerprint density at radius 2 is 1.88 bits per heavy atom. The first kappa shape index (κ1) is 17.4. The molecule has 0 atom stereocenters. The van der Waals surface area contributed by atoms with Crippen LogP contribution < -0.4 is 5.32 Å². The van der Waals surface area contributed by atoms with Crippen LogP contribution in [0.2, 0.25) is 5.02 Å². The molecule has 3 aromatic rings. The predicted molar refractivity (Wildman–Crippen MR) is 102 cm³/mol. The molecule has 6 heteroatoms. The van der Waals surface area contributed by atoms with Crippen LogP contribution in [0.4, 0.5) is 5.82 Å². The Labute approximate surface area is 152 Å². The third-order valence-corrected chi connectivity index (χ3v) is 4.29. The number of anilines is 1. The summed E-state index contributed by atoms with van der Waals surface area (Å²) in [5.74, 6) is 0.454. The molecule has 25 heavy (non-hydrogen) atoms. The van der Waals surface area contributed by atoms with Crippen LogP contribution in [-0.2, 0) is 10.3 Å². The number of carbonyl (C=O) groups excluding carboxylic acids is 1. The van der Waals surface area contributed by atoms with Gasteiger partial charge in [0.1, 0.15) is 17.8 Å². The van der Waals surface area contributed by atoms with E-state index in [2.05, 4.69) is 46.8 Å². The van der Waals surface area contributed by atoms with E-state index >= 15 is 0 Å². The Hall–Kier alpha value is -2.40. The summed E-state index contributed by atoms with van der Waals surface area (Å²) < 4.78 is 2.11. The number of amides is 1. The summed E-state index contributed by atoms with van der Waals surface area (Å²) in [7, 11) is 0. The van der Waals surface area contributed by atoms with Crippen molar-refractivity contribution >= 4 is 34.4 Å². The van der Waals surface area contributed by atoms with Crippen LogP contribution in [0.3, 0.4) is 0 Å². The zero-order valence-electron chi connectivity index (χ0n) is 14.8. The monoisotopic (exact) mass is 356 g/mol. The molecule has 2 heterocycles. The first-order valence-electron chi connectivity index (χ1n) is 8.23. The van der Waals surface area contributed by atoms with Crippen molar-refractivity contribution in [3.8, 4) is 11.1 Å². The van der Waals surface area contributed by atoms with Crippen LogP contribution in [0, 0.1) is 0 Å². The van der Waals surface area contributed by atoms with Crippen molar-refractivity contribution in [3.05, 3.63) is 41.8 Å². The van der Waals surface area contributed by atoms with Gasteiger partial charge in [0.15, 0.2) is 0 Å². The van der Waals surface area contributed by atoms with E-state index in [1.54, 1.807) is 0 Å². The number of fused-ring (bicyclic) bond motifs is 1. The number of hydrogen-bond donors (Lipinski definition) is 1. The summed E-state index contributed by atoms with van der Waals surface area (Å²) in [5, 5.41) is 4.41. The molecule has 0 spiro atoms. The summed E-state index contributed by atoms with van der Waals surface area (Å²) in [6.07, 6.45) is 3.94. The van der Waals surface area contributed by atoms with Gasteiger partial charge in [-0.1, -0.05) is 30.7 Å². The van der Waals surface area contributed by atoms with Crippen LogP contribution in [0.1, 0.15) is 34.1 Å². The van der Waals surface area contributed by atoms with Gasteiger partial charge in [-0.25, -0.2) is 9.97 Å². The number of hydrogen-bond acceptors (Lipinski definition) is 3. The lowest BCUT2D eigenvalue weighted by molar-refractivity contribution is -0.115. The first-order chi connectivity index (χ1) is 11.8. The lowest BCUT2D eigenvalue weighted by Crippen LogP contribution is -2.21. The number of rotatable bonds is 3. The normalized spacial score (nSPS) is 11.7. The summed E-state index contributed by atoms with van der Waals surface area (Å²) in [6, 6.07) is 7.63. The minimum absolute atomic E-state index is 0.0782. The molecule has 0 saturated carbocycles. The Kier molecular flexibility index (Phi) is 4.52. The molecule has 0 unspecified atom stereocenters. The number of nitrogens with one attached hydrogen (secondary N) is 1. The zero-order chi connectivity index (χ0) is 18.2. The average Bonchev–Trinajstić information content (AvgIpc) is 2.96. The van der Waals surface area contributed by atoms with Crippen molar-refractivity contribution in [2.24, 2.45) is 0 Å². The lowest BCUT2D eigenvalue weighted by atomic mass is 10.1. The van der Waals surface area contributed by atoms with Gasteiger partial charge in [-0.15, -0.1) is 0 Å². The molecule has 1 amide bonds. The van der Waals surface area contributed by atoms with E-state index < -0.39 is 0 Å². The molecule has 0 aliphatic heterocycles. The highest BCUT2D eigenvalue weighted by molar-refractivity contribution is 6.30. The summed E-state index contributed by atoms with van der Waals surface area (Å²) in [6.45, 7) is 8.16. The Balaban J connectivity index is 2.30. The third kappa shape index (κ3) is 3.37. The fourth-order valence-corrected chi connectivity index (χ4v) is 2.86. The second-order valence-electron chi connectivity index (χ2n) is 6.91. The van der Waals surface area contributed by atoms with E-state index in [-0.39, 0.29) is 11.4 Å². The fraction of sp³-hybridized carbons (Fsp3) is 0.316. The summed E-state index contributed by atoms with van der Waals surface area (Å²) >= 11 is 6.03. The van der Waals surface area contributed by atoms with E-state index in [0.717, 1.165) is 22.2 Å². The molecule has 0 aliphatic rings. The maximum Gasteiger partial charge on any atom is 0.225 e. The van der Waals surface area contributed by atoms with Gasteiger partial charge in [0.05, 0.1) is 5.39 Å². The van der Waals surface area contributed by atoms with E-state index in [1.165, 1.54) is 6.33 Å². The van der Waals surface area contributed by atoms with Gasteiger partial charge < -0.3 is 9.88 Å². The van der Waals surface area contributed by atoms with E-state index in [1.807, 2.05) is 31.2 Å². The minimum atomic E-state index is -0.163. The third-order valence-electron chi connectivity index (χ3n) is 4.04. The van der Waals surface area contributed by atoms with E-state index in [0.29, 0.717) is 17.3 Å². The SMILES string of the molecule is CCC(=O)Nc1ncnc2c1c(-c1ccc(Cl)cc1)cn2C(C)(C)C. The highest BCUT2D eigenvalue weighted by Gasteiger charge is 2.23. The van der Waals surface area contributed by atoms with Crippen molar-refractivity contribution < 1.29 is 4.79 Å². The van der Waals surface area contributed by atoms with E-state index in [9.17, 15) is 4.79 Å². The smallest absolute Gasteiger partial charge is 0.225 e. The van der Waals surface area contributed by atoms with E-state index in [4.69, 9.17) is 11.6 Å². The molecule has 0 aliphatic carbocycles. The van der Waals surface area contributed by atoms with Gasteiger partial charge in [-0.05, 0) is 38.5 Å². The van der Waals surface area contributed by atoms with Gasteiger partial charge >= 0.3 is 0 Å². The van der Waals surface area contributed by atoms with Crippen LogP contribution in [-0.4, -0.2) is 20.4 Å². The highest BCUT2D eigenvalue weighted by Crippen LogP contribution is 2.36. The molecule has 130 valence electrons. The molecule has 5 nitrogen and oxygen atoms in total. The second kappa shape index (κ2) is 6.48. The number of halogens is 1. The van der Waals surface area contributed by atoms with Gasteiger partial charge in [-0.3, -0.25) is 4.79 Å². The van der Waals surface area contributed by atoms with Crippen LogP contribution >= 0.6 is 11.6 Å². The van der Waals surface area contributed by atoms with Gasteiger partial charge in [0.2, 0.25) is 5.91 Å². The standard InChI is InChI=1S/C19H21ClN4O/c1-5-15(25)23-17-16-14(12-6-8-13(20)9-7-12)10-24(19(2,3)4)18(16)22-11-21-17/h6-11H,5H2,1-4H3,(H,21,22,23,25). The molecular weight excluding hydrogens is 336 g/mol. The largest absolute Gasteiger partial charge is 0.326 e. The summed E-state index contributed by atoms with van der Waals surface area (Å²) in [5.41, 5.74) is 2.59. The molecule has 0 fully saturated rings. The number of carbonyl (C=O) groups is 1. The zero-order valence-corrected chi connectivity index (χ0v) is 15.6. The molecule has 0 bridgehead atoms. The Morgan fingerprint density at radius 3 is 2.48 bits per heavy atom. The topological polar surface area (TPSA) is 59.8 Å². The maximum atomic E-state index is 11.9. The summed E-state index contributed by atoms with van der Waals surface area (Å²) in [4.78, 5) is 20.7. The highest BCUT2D eigenvalue weighted by atomic mass is 35.5. The van der Waals surface area contributed by atoms with Crippen molar-refractivity contribution in [2.45, 2.75) is 39.7 Å². The van der Waals surface area contributed by atoms with Crippen LogP contribution in [0.25, 0.3) is 22.2 Å². The number of aromatic nitrogens is 3. The molecular formula is C19H21ClN4O. The van der Waals surface area contributed by atoms with Crippen molar-refractivity contribution in [2.75, 3.05) is 5.32 Å². The van der Waals surface area contributed by atoms with Crippen molar-refractivity contribution in [3.63, 3.8) is 0 Å². The number of benzene rings is 1. The van der Waals surface area contributed by atoms with Crippen molar-refractivity contribution in [1.82, 2.24) is 14.5 Å². The first-order valence-corrected chi connectivity index (χ1v) is 8.61. The quantitative estimate of drug-likeness (QED) is 0.729. The Morgan fingerprint density at radius 1 is 1.20 bits per heavy atom. The average molecular weight is 357 g/mol. The molecule has 2 aromatic heterocycles. The molecule has 0 radical (unpaired) electrons. The van der Waals surface area contributed by atoms with Crippen LogP contribution in [0.5, 0.6) is 0 Å².